The average molecular weight is 286 g/mol. The first-order valence-electron chi connectivity index (χ1n) is 6.41. The molecule has 1 aliphatic heterocycles. The molecule has 3 nitrogen and oxygen atoms in total. The van der Waals surface area contributed by atoms with Gasteiger partial charge >= 0.3 is 0 Å². The van der Waals surface area contributed by atoms with E-state index >= 15 is 0 Å². The molecule has 0 aliphatic carbocycles. The van der Waals surface area contributed by atoms with E-state index in [1.165, 1.54) is 12.1 Å². The second-order valence-electron chi connectivity index (χ2n) is 5.02. The minimum absolute atomic E-state index is 0.0944. The van der Waals surface area contributed by atoms with Crippen molar-refractivity contribution >= 4 is 17.5 Å². The second-order valence-corrected chi connectivity index (χ2v) is 5.43. The van der Waals surface area contributed by atoms with Crippen molar-refractivity contribution in [2.75, 3.05) is 13.1 Å². The van der Waals surface area contributed by atoms with E-state index in [0.29, 0.717) is 18.7 Å². The Morgan fingerprint density at radius 2 is 2.32 bits per heavy atom. The zero-order valence-electron chi connectivity index (χ0n) is 10.8. The van der Waals surface area contributed by atoms with Gasteiger partial charge in [-0.15, -0.1) is 0 Å². The molecule has 2 rings (SSSR count). The molecule has 1 saturated heterocycles. The lowest BCUT2D eigenvalue weighted by molar-refractivity contribution is 0.0466. The number of hydrogen-bond acceptors (Lipinski definition) is 2. The van der Waals surface area contributed by atoms with Crippen LogP contribution in [0.2, 0.25) is 5.02 Å². The number of hydrogen-bond donors (Lipinski definition) is 1. The third kappa shape index (κ3) is 3.25. The number of carbonyl (C=O) groups excluding carboxylic acids is 1. The maximum absolute atomic E-state index is 13.0. The molecule has 1 N–H and O–H groups in total. The highest BCUT2D eigenvalue weighted by atomic mass is 35.5. The van der Waals surface area contributed by atoms with Crippen molar-refractivity contribution in [1.82, 2.24) is 4.90 Å². The molecule has 0 saturated carbocycles. The van der Waals surface area contributed by atoms with Crippen molar-refractivity contribution in [3.63, 3.8) is 0 Å². The topological polar surface area (TPSA) is 40.5 Å². The molecule has 1 aromatic carbocycles. The first-order chi connectivity index (χ1) is 8.99. The number of amides is 1. The summed E-state index contributed by atoms with van der Waals surface area (Å²) in [6.45, 7) is 2.91. The lowest BCUT2D eigenvalue weighted by Crippen LogP contribution is -2.43. The van der Waals surface area contributed by atoms with E-state index in [2.05, 4.69) is 0 Å². The first kappa shape index (κ1) is 14.3. The number of aliphatic hydroxyl groups is 1. The quantitative estimate of drug-likeness (QED) is 0.908. The van der Waals surface area contributed by atoms with E-state index in [1.807, 2.05) is 0 Å². The molecule has 2 atom stereocenters. The van der Waals surface area contributed by atoms with Crippen molar-refractivity contribution in [1.29, 1.82) is 0 Å². The predicted molar refractivity (Wildman–Crippen MR) is 71.7 cm³/mol. The van der Waals surface area contributed by atoms with Gasteiger partial charge in [0.25, 0.3) is 5.91 Å². The summed E-state index contributed by atoms with van der Waals surface area (Å²) in [6, 6.07) is 3.78. The Morgan fingerprint density at radius 1 is 1.58 bits per heavy atom. The smallest absolute Gasteiger partial charge is 0.255 e. The number of nitrogens with zero attached hydrogens (tertiary/aromatic N) is 1. The monoisotopic (exact) mass is 285 g/mol. The number of benzene rings is 1. The van der Waals surface area contributed by atoms with E-state index in [1.54, 1.807) is 11.8 Å². The van der Waals surface area contributed by atoms with Gasteiger partial charge in [-0.1, -0.05) is 11.6 Å². The highest BCUT2D eigenvalue weighted by Gasteiger charge is 2.27. The predicted octanol–water partition coefficient (Wildman–Crippen LogP) is 2.71. The van der Waals surface area contributed by atoms with Crippen molar-refractivity contribution in [3.8, 4) is 0 Å². The van der Waals surface area contributed by atoms with E-state index in [0.717, 1.165) is 18.9 Å². The Kier molecular flexibility index (Phi) is 4.42. The third-order valence-electron chi connectivity index (χ3n) is 3.59. The molecule has 0 aromatic heterocycles. The maximum Gasteiger partial charge on any atom is 0.255 e. The highest BCUT2D eigenvalue weighted by molar-refractivity contribution is 6.33. The summed E-state index contributed by atoms with van der Waals surface area (Å²) in [5.41, 5.74) is 0.314. The number of piperidine rings is 1. The van der Waals surface area contributed by atoms with Crippen molar-refractivity contribution in [2.24, 2.45) is 5.92 Å². The van der Waals surface area contributed by atoms with Crippen molar-refractivity contribution in [2.45, 2.75) is 25.9 Å². The molecule has 1 aliphatic rings. The second kappa shape index (κ2) is 5.88. The normalized spacial score (nSPS) is 21.3. The number of rotatable bonds is 2. The maximum atomic E-state index is 13.0. The zero-order valence-corrected chi connectivity index (χ0v) is 11.5. The van der Waals surface area contributed by atoms with Crippen LogP contribution in [0.25, 0.3) is 0 Å². The summed E-state index contributed by atoms with van der Waals surface area (Å²) >= 11 is 5.91. The lowest BCUT2D eigenvalue weighted by Gasteiger charge is -2.34. The van der Waals surface area contributed by atoms with Crippen LogP contribution in [0.1, 0.15) is 30.1 Å². The Bertz CT molecular complexity index is 479. The van der Waals surface area contributed by atoms with E-state index < -0.39 is 11.9 Å². The summed E-state index contributed by atoms with van der Waals surface area (Å²) < 4.78 is 13.0. The molecule has 1 aromatic rings. The third-order valence-corrected chi connectivity index (χ3v) is 3.90. The SMILES string of the molecule is CC(O)C1CCCN(C(=O)c2ccc(F)cc2Cl)C1. The van der Waals surface area contributed by atoms with Gasteiger partial charge in [-0.05, 0) is 38.0 Å². The van der Waals surface area contributed by atoms with E-state index in [9.17, 15) is 14.3 Å². The van der Waals surface area contributed by atoms with Crippen LogP contribution in [0.4, 0.5) is 4.39 Å². The summed E-state index contributed by atoms with van der Waals surface area (Å²) in [4.78, 5) is 14.0. The minimum atomic E-state index is -0.456. The van der Waals surface area contributed by atoms with Crippen molar-refractivity contribution < 1.29 is 14.3 Å². The molecule has 19 heavy (non-hydrogen) atoms. The van der Waals surface area contributed by atoms with Gasteiger partial charge in [0.05, 0.1) is 16.7 Å². The van der Waals surface area contributed by atoms with Gasteiger partial charge in [-0.2, -0.15) is 0 Å². The van der Waals surface area contributed by atoms with Crippen LogP contribution in [0.5, 0.6) is 0 Å². The minimum Gasteiger partial charge on any atom is -0.393 e. The Morgan fingerprint density at radius 3 is 2.95 bits per heavy atom. The molecule has 1 heterocycles. The fourth-order valence-electron chi connectivity index (χ4n) is 2.42. The van der Waals surface area contributed by atoms with E-state index in [4.69, 9.17) is 11.6 Å². The van der Waals surface area contributed by atoms with Crippen molar-refractivity contribution in [3.05, 3.63) is 34.6 Å². The van der Waals surface area contributed by atoms with Gasteiger partial charge < -0.3 is 10.0 Å². The average Bonchev–Trinajstić information content (AvgIpc) is 2.38. The van der Waals surface area contributed by atoms with Gasteiger partial charge in [0.2, 0.25) is 0 Å². The fraction of sp³-hybridized carbons (Fsp3) is 0.500. The van der Waals surface area contributed by atoms with Crippen LogP contribution in [0.15, 0.2) is 18.2 Å². The Hall–Kier alpha value is -1.13. The number of carbonyl (C=O) groups is 1. The van der Waals surface area contributed by atoms with Gasteiger partial charge in [0.1, 0.15) is 5.82 Å². The van der Waals surface area contributed by atoms with Gasteiger partial charge in [0, 0.05) is 19.0 Å². The summed E-state index contributed by atoms with van der Waals surface area (Å²) in [7, 11) is 0. The highest BCUT2D eigenvalue weighted by Crippen LogP contribution is 2.24. The van der Waals surface area contributed by atoms with Crippen LogP contribution in [-0.4, -0.2) is 35.1 Å². The first-order valence-corrected chi connectivity index (χ1v) is 6.79. The zero-order chi connectivity index (χ0) is 14.0. The Balaban J connectivity index is 2.15. The van der Waals surface area contributed by atoms with Crippen LogP contribution in [-0.2, 0) is 0 Å². The van der Waals surface area contributed by atoms with Gasteiger partial charge in [0.15, 0.2) is 0 Å². The fourth-order valence-corrected chi connectivity index (χ4v) is 2.67. The summed E-state index contributed by atoms with van der Waals surface area (Å²) in [5, 5.41) is 9.75. The molecule has 0 radical (unpaired) electrons. The molecule has 1 fully saturated rings. The van der Waals surface area contributed by atoms with Gasteiger partial charge in [-0.25, -0.2) is 4.39 Å². The molecule has 1 amide bonds. The number of likely N-dealkylation sites (tertiary alicyclic amines) is 1. The molecule has 0 bridgehead atoms. The standard InChI is InChI=1S/C14H17ClFNO2/c1-9(18)10-3-2-6-17(8-10)14(19)12-5-4-11(16)7-13(12)15/h4-5,7,9-10,18H,2-3,6,8H2,1H3. The number of halogens is 2. The number of aliphatic hydroxyl groups excluding tert-OH is 1. The molecule has 5 heteroatoms. The Labute approximate surface area is 117 Å². The van der Waals surface area contributed by atoms with Crippen LogP contribution >= 0.6 is 11.6 Å². The van der Waals surface area contributed by atoms with E-state index in [-0.39, 0.29) is 16.8 Å². The summed E-state index contributed by atoms with van der Waals surface area (Å²) in [5.74, 6) is -0.561. The molecular formula is C14H17ClFNO2. The van der Waals surface area contributed by atoms with Crippen LogP contribution < -0.4 is 0 Å². The lowest BCUT2D eigenvalue weighted by atomic mass is 9.93. The van der Waals surface area contributed by atoms with Crippen LogP contribution in [0, 0.1) is 11.7 Å². The molecule has 2 unspecified atom stereocenters. The largest absolute Gasteiger partial charge is 0.393 e. The molecular weight excluding hydrogens is 269 g/mol. The molecule has 104 valence electrons. The molecule has 0 spiro atoms. The van der Waals surface area contributed by atoms with Crippen LogP contribution in [0.3, 0.4) is 0 Å². The summed E-state index contributed by atoms with van der Waals surface area (Å²) in [6.07, 6.45) is 1.35. The van der Waals surface area contributed by atoms with Gasteiger partial charge in [-0.3, -0.25) is 4.79 Å².